The lowest BCUT2D eigenvalue weighted by molar-refractivity contribution is 1.16. The summed E-state index contributed by atoms with van der Waals surface area (Å²) in [5.41, 5.74) is 17.6. The second kappa shape index (κ2) is 15.8. The summed E-state index contributed by atoms with van der Waals surface area (Å²) in [6.07, 6.45) is 0. The van der Waals surface area contributed by atoms with Crippen molar-refractivity contribution in [3.05, 3.63) is 242 Å². The van der Waals surface area contributed by atoms with E-state index in [0.717, 1.165) is 111 Å². The standard InChI is InChI=1S/C62H38N4/c63-39-51-23-21-49(35-59(51)65-57-31-27-45(41-13-5-1-6-14-41)33-55(57)53-29-25-47(37-61(53)65)43-17-9-3-10-18-43)50-22-24-52(40-64)60(36-50)66-58-32-28-46(42-15-7-2-8-16-42)34-56(58)54-30-26-48(38-62(54)66)44-19-11-4-12-20-44/h1-38H. The van der Waals surface area contributed by atoms with Crippen molar-refractivity contribution in [2.75, 3.05) is 0 Å². The molecule has 0 N–H and O–H groups in total. The van der Waals surface area contributed by atoms with Crippen LogP contribution in [0, 0.1) is 22.7 Å². The zero-order chi connectivity index (χ0) is 44.1. The molecule has 0 aliphatic heterocycles. The fourth-order valence-corrected chi connectivity index (χ4v) is 9.78. The molecule has 0 spiro atoms. The van der Waals surface area contributed by atoms with E-state index in [2.05, 4.69) is 203 Å². The van der Waals surface area contributed by atoms with Gasteiger partial charge in [-0.15, -0.1) is 0 Å². The first kappa shape index (κ1) is 38.5. The van der Waals surface area contributed by atoms with Crippen LogP contribution in [0.4, 0.5) is 0 Å². The van der Waals surface area contributed by atoms with Gasteiger partial charge in [-0.05, 0) is 116 Å². The fourth-order valence-electron chi connectivity index (χ4n) is 9.78. The van der Waals surface area contributed by atoms with Crippen molar-refractivity contribution in [2.45, 2.75) is 0 Å². The topological polar surface area (TPSA) is 57.4 Å². The van der Waals surface area contributed by atoms with Gasteiger partial charge < -0.3 is 9.13 Å². The molecule has 10 aromatic carbocycles. The number of nitrogens with zero attached hydrogens (tertiary/aromatic N) is 4. The zero-order valence-corrected chi connectivity index (χ0v) is 35.7. The van der Waals surface area contributed by atoms with Crippen LogP contribution in [0.1, 0.15) is 11.1 Å². The normalized spacial score (nSPS) is 11.3. The Kier molecular flexibility index (Phi) is 9.23. The number of benzene rings is 10. The third-order valence-corrected chi connectivity index (χ3v) is 13.0. The van der Waals surface area contributed by atoms with E-state index < -0.39 is 0 Å². The van der Waals surface area contributed by atoms with Crippen LogP contribution in [-0.4, -0.2) is 9.13 Å². The first-order chi connectivity index (χ1) is 32.6. The van der Waals surface area contributed by atoms with Crippen LogP contribution in [0.2, 0.25) is 0 Å². The van der Waals surface area contributed by atoms with Crippen LogP contribution >= 0.6 is 0 Å². The largest absolute Gasteiger partial charge is 0.308 e. The number of rotatable bonds is 7. The molecule has 12 rings (SSSR count). The predicted octanol–water partition coefficient (Wildman–Crippen LogP) is 16.0. The first-order valence-corrected chi connectivity index (χ1v) is 22.1. The molecule has 12 aromatic rings. The molecular weight excluding hydrogens is 801 g/mol. The Morgan fingerprint density at radius 2 is 0.545 bits per heavy atom. The highest BCUT2D eigenvalue weighted by molar-refractivity contribution is 6.13. The van der Waals surface area contributed by atoms with Gasteiger partial charge in [0.05, 0.1) is 44.6 Å². The Balaban J connectivity index is 1.07. The lowest BCUT2D eigenvalue weighted by Crippen LogP contribution is -2.00. The molecule has 0 bridgehead atoms. The maximum atomic E-state index is 10.8. The number of aromatic nitrogens is 2. The summed E-state index contributed by atoms with van der Waals surface area (Å²) in [5, 5.41) is 26.0. The van der Waals surface area contributed by atoms with Crippen molar-refractivity contribution in [3.8, 4) is 79.1 Å². The van der Waals surface area contributed by atoms with Crippen LogP contribution in [0.5, 0.6) is 0 Å². The van der Waals surface area contributed by atoms with E-state index in [1.165, 1.54) is 0 Å². The molecule has 0 radical (unpaired) electrons. The number of hydrogen-bond acceptors (Lipinski definition) is 2. The van der Waals surface area contributed by atoms with Gasteiger partial charge in [0.15, 0.2) is 0 Å². The summed E-state index contributed by atoms with van der Waals surface area (Å²) in [6.45, 7) is 0. The molecule has 0 unspecified atom stereocenters. The molecule has 0 atom stereocenters. The van der Waals surface area contributed by atoms with Gasteiger partial charge in [-0.1, -0.05) is 170 Å². The van der Waals surface area contributed by atoms with E-state index in [0.29, 0.717) is 11.1 Å². The Morgan fingerprint density at radius 3 is 0.894 bits per heavy atom. The van der Waals surface area contributed by atoms with E-state index in [9.17, 15) is 10.5 Å². The smallest absolute Gasteiger partial charge is 0.101 e. The molecule has 0 saturated carbocycles. The van der Waals surface area contributed by atoms with Crippen LogP contribution in [-0.2, 0) is 0 Å². The molecule has 0 aliphatic rings. The second-order valence-corrected chi connectivity index (χ2v) is 16.8. The summed E-state index contributed by atoms with van der Waals surface area (Å²) in [6, 6.07) is 85.6. The summed E-state index contributed by atoms with van der Waals surface area (Å²) in [5.74, 6) is 0. The van der Waals surface area contributed by atoms with Gasteiger partial charge in [-0.3, -0.25) is 0 Å². The lowest BCUT2D eigenvalue weighted by atomic mass is 9.99. The minimum atomic E-state index is 0.564. The second-order valence-electron chi connectivity index (χ2n) is 16.8. The minimum Gasteiger partial charge on any atom is -0.308 e. The SMILES string of the molecule is N#Cc1ccc(-c2ccc(C#N)c(-n3c4ccc(-c5ccccc5)cc4c4ccc(-c5ccccc5)cc43)c2)cc1-n1c2ccc(-c3ccccc3)cc2c2ccc(-c3ccccc3)cc21. The molecule has 4 nitrogen and oxygen atoms in total. The highest BCUT2D eigenvalue weighted by atomic mass is 15.0. The predicted molar refractivity (Wildman–Crippen MR) is 272 cm³/mol. The molecule has 0 aliphatic carbocycles. The average Bonchev–Trinajstić information content (AvgIpc) is 3.90. The maximum absolute atomic E-state index is 10.8. The van der Waals surface area contributed by atoms with Crippen molar-refractivity contribution >= 4 is 43.6 Å². The van der Waals surface area contributed by atoms with Crippen LogP contribution in [0.15, 0.2) is 231 Å². The highest BCUT2D eigenvalue weighted by Gasteiger charge is 2.21. The molecule has 4 heteroatoms. The third-order valence-electron chi connectivity index (χ3n) is 13.0. The molecular formula is C62H38N4. The van der Waals surface area contributed by atoms with E-state index in [-0.39, 0.29) is 0 Å². The summed E-state index contributed by atoms with van der Waals surface area (Å²) in [4.78, 5) is 0. The van der Waals surface area contributed by atoms with E-state index in [4.69, 9.17) is 0 Å². The summed E-state index contributed by atoms with van der Waals surface area (Å²) >= 11 is 0. The fraction of sp³-hybridized carbons (Fsp3) is 0. The summed E-state index contributed by atoms with van der Waals surface area (Å²) in [7, 11) is 0. The van der Waals surface area contributed by atoms with Gasteiger partial charge in [0.25, 0.3) is 0 Å². The number of hydrogen-bond donors (Lipinski definition) is 0. The van der Waals surface area contributed by atoms with Gasteiger partial charge in [-0.2, -0.15) is 10.5 Å². The van der Waals surface area contributed by atoms with Gasteiger partial charge in [0, 0.05) is 21.5 Å². The van der Waals surface area contributed by atoms with Crippen LogP contribution < -0.4 is 0 Å². The average molecular weight is 839 g/mol. The Labute approximate surface area is 382 Å². The van der Waals surface area contributed by atoms with Crippen molar-refractivity contribution < 1.29 is 0 Å². The van der Waals surface area contributed by atoms with E-state index in [1.807, 2.05) is 48.5 Å². The highest BCUT2D eigenvalue weighted by Crippen LogP contribution is 2.41. The summed E-state index contributed by atoms with van der Waals surface area (Å²) < 4.78 is 4.50. The molecule has 2 heterocycles. The lowest BCUT2D eigenvalue weighted by Gasteiger charge is -2.15. The quantitative estimate of drug-likeness (QED) is 0.161. The Hall–Kier alpha value is -9.22. The van der Waals surface area contributed by atoms with Crippen molar-refractivity contribution in [2.24, 2.45) is 0 Å². The van der Waals surface area contributed by atoms with Gasteiger partial charge in [0.2, 0.25) is 0 Å². The van der Waals surface area contributed by atoms with Crippen molar-refractivity contribution in [3.63, 3.8) is 0 Å². The van der Waals surface area contributed by atoms with E-state index in [1.54, 1.807) is 0 Å². The van der Waals surface area contributed by atoms with Gasteiger partial charge in [-0.25, -0.2) is 0 Å². The maximum Gasteiger partial charge on any atom is 0.101 e. The zero-order valence-electron chi connectivity index (χ0n) is 35.7. The van der Waals surface area contributed by atoms with Crippen LogP contribution in [0.25, 0.3) is 111 Å². The van der Waals surface area contributed by atoms with E-state index >= 15 is 0 Å². The first-order valence-electron chi connectivity index (χ1n) is 22.1. The molecule has 0 saturated heterocycles. The van der Waals surface area contributed by atoms with Crippen molar-refractivity contribution in [1.29, 1.82) is 10.5 Å². The van der Waals surface area contributed by atoms with Gasteiger partial charge >= 0.3 is 0 Å². The Morgan fingerprint density at radius 1 is 0.242 bits per heavy atom. The third kappa shape index (κ3) is 6.45. The molecule has 0 amide bonds. The molecule has 2 aromatic heterocycles. The number of nitriles is 2. The molecule has 66 heavy (non-hydrogen) atoms. The monoisotopic (exact) mass is 838 g/mol. The van der Waals surface area contributed by atoms with Crippen LogP contribution in [0.3, 0.4) is 0 Å². The Bertz CT molecular complexity index is 3660. The van der Waals surface area contributed by atoms with Gasteiger partial charge in [0.1, 0.15) is 12.1 Å². The minimum absolute atomic E-state index is 0.564. The molecule has 306 valence electrons. The number of fused-ring (bicyclic) bond motifs is 6. The molecule has 0 fully saturated rings. The van der Waals surface area contributed by atoms with Crippen molar-refractivity contribution in [1.82, 2.24) is 9.13 Å².